The minimum Gasteiger partial charge on any atom is -0.376 e. The minimum absolute atomic E-state index is 1.29. The molecular weight excluding hydrogens is 450 g/mol. The van der Waals surface area contributed by atoms with Gasteiger partial charge >= 0.3 is 0 Å². The second-order valence-corrected chi connectivity index (χ2v) is 7.00. The lowest BCUT2D eigenvalue weighted by Gasteiger charge is -2.24. The summed E-state index contributed by atoms with van der Waals surface area (Å²) < 4.78 is 2.57. The molecule has 0 N–H and O–H groups in total. The molecule has 2 aromatic rings. The quantitative estimate of drug-likeness (QED) is 0.614. The second-order valence-electron chi connectivity index (χ2n) is 4.68. The van der Waals surface area contributed by atoms with E-state index in [1.54, 1.807) is 0 Å². The van der Waals surface area contributed by atoms with Crippen molar-refractivity contribution in [3.05, 3.63) is 31.4 Å². The number of benzene rings is 2. The molecular formula is C14H16I2N2. The highest BCUT2D eigenvalue weighted by molar-refractivity contribution is 14.1. The van der Waals surface area contributed by atoms with Gasteiger partial charge in [0.25, 0.3) is 0 Å². The molecule has 2 nitrogen and oxygen atoms in total. The van der Waals surface area contributed by atoms with E-state index in [1.165, 1.54) is 29.3 Å². The Kier molecular flexibility index (Phi) is 4.25. The van der Waals surface area contributed by atoms with Crippen LogP contribution in [0, 0.1) is 7.14 Å². The number of fused-ring (bicyclic) bond motifs is 1. The van der Waals surface area contributed by atoms with Crippen LogP contribution >= 0.6 is 45.2 Å². The van der Waals surface area contributed by atoms with E-state index in [2.05, 4.69) is 107 Å². The van der Waals surface area contributed by atoms with Crippen molar-refractivity contribution in [1.29, 1.82) is 0 Å². The van der Waals surface area contributed by atoms with Crippen molar-refractivity contribution in [3.8, 4) is 0 Å². The summed E-state index contributed by atoms with van der Waals surface area (Å²) >= 11 is 4.83. The van der Waals surface area contributed by atoms with Gasteiger partial charge in [0.2, 0.25) is 0 Å². The average Bonchev–Trinajstić information content (AvgIpc) is 2.27. The third-order valence-electron chi connectivity index (χ3n) is 2.93. The maximum atomic E-state index is 2.41. The first-order valence-electron chi connectivity index (χ1n) is 5.69. The highest BCUT2D eigenvalue weighted by atomic mass is 127. The van der Waals surface area contributed by atoms with Crippen LogP contribution in [0.4, 0.5) is 11.4 Å². The van der Waals surface area contributed by atoms with Crippen molar-refractivity contribution >= 4 is 67.3 Å². The Bertz CT molecular complexity index is 543. The molecule has 18 heavy (non-hydrogen) atoms. The van der Waals surface area contributed by atoms with Gasteiger partial charge in [-0.15, -0.1) is 0 Å². The number of nitrogens with zero attached hydrogens (tertiary/aromatic N) is 2. The van der Waals surface area contributed by atoms with Gasteiger partial charge in [-0.3, -0.25) is 0 Å². The smallest absolute Gasteiger partial charge is 0.0597 e. The maximum absolute atomic E-state index is 2.41. The minimum atomic E-state index is 1.29. The van der Waals surface area contributed by atoms with Gasteiger partial charge < -0.3 is 9.80 Å². The van der Waals surface area contributed by atoms with Crippen molar-refractivity contribution in [1.82, 2.24) is 0 Å². The first-order valence-corrected chi connectivity index (χ1v) is 7.84. The van der Waals surface area contributed by atoms with E-state index in [0.29, 0.717) is 0 Å². The highest BCUT2D eigenvalue weighted by Gasteiger charge is 2.15. The molecule has 2 aromatic carbocycles. The Labute approximate surface area is 136 Å². The third kappa shape index (κ3) is 2.41. The topological polar surface area (TPSA) is 6.48 Å². The molecule has 0 aromatic heterocycles. The Morgan fingerprint density at radius 3 is 1.44 bits per heavy atom. The lowest BCUT2D eigenvalue weighted by molar-refractivity contribution is 1.11. The molecule has 0 heterocycles. The fourth-order valence-electron chi connectivity index (χ4n) is 2.20. The number of rotatable bonds is 2. The second kappa shape index (κ2) is 5.40. The lowest BCUT2D eigenvalue weighted by Crippen LogP contribution is -2.15. The molecule has 0 amide bonds. The van der Waals surface area contributed by atoms with Gasteiger partial charge in [0.15, 0.2) is 0 Å². The highest BCUT2D eigenvalue weighted by Crippen LogP contribution is 2.39. The predicted molar refractivity (Wildman–Crippen MR) is 98.0 cm³/mol. The molecule has 0 fully saturated rings. The van der Waals surface area contributed by atoms with E-state index in [0.717, 1.165) is 0 Å². The van der Waals surface area contributed by atoms with Gasteiger partial charge in [-0.2, -0.15) is 0 Å². The van der Waals surface area contributed by atoms with Crippen LogP contribution in [0.5, 0.6) is 0 Å². The van der Waals surface area contributed by atoms with Crippen LogP contribution in [-0.4, -0.2) is 28.2 Å². The summed E-state index contributed by atoms with van der Waals surface area (Å²) in [5.74, 6) is 0. The van der Waals surface area contributed by atoms with Crippen LogP contribution in [-0.2, 0) is 0 Å². The summed E-state index contributed by atoms with van der Waals surface area (Å²) in [6.07, 6.45) is 0. The van der Waals surface area contributed by atoms with Gasteiger partial charge in [0.05, 0.1) is 11.4 Å². The summed E-state index contributed by atoms with van der Waals surface area (Å²) in [4.78, 5) is 4.40. The number of hydrogen-bond donors (Lipinski definition) is 0. The van der Waals surface area contributed by atoms with E-state index >= 15 is 0 Å². The van der Waals surface area contributed by atoms with Crippen molar-refractivity contribution in [2.24, 2.45) is 0 Å². The summed E-state index contributed by atoms with van der Waals surface area (Å²) in [5.41, 5.74) is 2.60. The van der Waals surface area contributed by atoms with Gasteiger partial charge in [0.1, 0.15) is 0 Å². The molecule has 0 atom stereocenters. The zero-order valence-electron chi connectivity index (χ0n) is 11.0. The first-order chi connectivity index (χ1) is 8.43. The summed E-state index contributed by atoms with van der Waals surface area (Å²) in [7, 11) is 8.43. The Morgan fingerprint density at radius 2 is 1.11 bits per heavy atom. The number of anilines is 2. The summed E-state index contributed by atoms with van der Waals surface area (Å²) in [5, 5.41) is 2.63. The number of hydrogen-bond acceptors (Lipinski definition) is 2. The maximum Gasteiger partial charge on any atom is 0.0597 e. The zero-order valence-corrected chi connectivity index (χ0v) is 15.3. The van der Waals surface area contributed by atoms with Crippen molar-refractivity contribution < 1.29 is 0 Å². The molecule has 4 heteroatoms. The lowest BCUT2D eigenvalue weighted by atomic mass is 10.1. The predicted octanol–water partition coefficient (Wildman–Crippen LogP) is 4.18. The van der Waals surface area contributed by atoms with Crippen LogP contribution in [0.25, 0.3) is 10.8 Å². The van der Waals surface area contributed by atoms with Crippen LogP contribution < -0.4 is 9.80 Å². The van der Waals surface area contributed by atoms with Gasteiger partial charge in [-0.25, -0.2) is 0 Å². The Balaban J connectivity index is 2.97. The van der Waals surface area contributed by atoms with Crippen LogP contribution in [0.1, 0.15) is 0 Å². The van der Waals surface area contributed by atoms with Crippen molar-refractivity contribution in [3.63, 3.8) is 0 Å². The monoisotopic (exact) mass is 466 g/mol. The summed E-state index contributed by atoms with van der Waals surface area (Å²) in [6, 6.07) is 8.77. The fourth-order valence-corrected chi connectivity index (χ4v) is 4.07. The van der Waals surface area contributed by atoms with Crippen molar-refractivity contribution in [2.45, 2.75) is 0 Å². The molecule has 0 saturated carbocycles. The summed E-state index contributed by atoms with van der Waals surface area (Å²) in [6.45, 7) is 0. The Morgan fingerprint density at radius 1 is 0.722 bits per heavy atom. The standard InChI is InChI=1S/C14H16I2N2/c1-17(2)13-10(15)7-5-9-6-8-11(16)14(12(9)13)18(3)4/h5-8H,1-4H3. The number of halogens is 2. The molecule has 0 aliphatic heterocycles. The third-order valence-corrected chi connectivity index (χ3v) is 4.67. The average molecular weight is 466 g/mol. The van der Waals surface area contributed by atoms with E-state index in [-0.39, 0.29) is 0 Å². The molecule has 0 radical (unpaired) electrons. The van der Waals surface area contributed by atoms with Gasteiger partial charge in [-0.1, -0.05) is 12.1 Å². The van der Waals surface area contributed by atoms with Gasteiger partial charge in [0, 0.05) is 40.7 Å². The molecule has 0 aliphatic rings. The van der Waals surface area contributed by atoms with E-state index < -0.39 is 0 Å². The Hall–Kier alpha value is -0.240. The zero-order chi connectivity index (χ0) is 13.4. The van der Waals surface area contributed by atoms with Crippen LogP contribution in [0.15, 0.2) is 24.3 Å². The molecule has 0 unspecified atom stereocenters. The van der Waals surface area contributed by atoms with E-state index in [4.69, 9.17) is 0 Å². The van der Waals surface area contributed by atoms with Crippen LogP contribution in [0.2, 0.25) is 0 Å². The SMILES string of the molecule is CN(C)c1c(I)ccc2ccc(I)c(N(C)C)c12. The van der Waals surface area contributed by atoms with E-state index in [9.17, 15) is 0 Å². The van der Waals surface area contributed by atoms with Crippen LogP contribution in [0.3, 0.4) is 0 Å². The van der Waals surface area contributed by atoms with Gasteiger partial charge in [-0.05, 0) is 62.7 Å². The molecule has 0 saturated heterocycles. The normalized spacial score (nSPS) is 10.8. The molecule has 0 aliphatic carbocycles. The molecule has 2 rings (SSSR count). The molecule has 0 bridgehead atoms. The first kappa shape index (κ1) is 14.2. The van der Waals surface area contributed by atoms with E-state index in [1.807, 2.05) is 0 Å². The van der Waals surface area contributed by atoms with Crippen molar-refractivity contribution in [2.75, 3.05) is 38.0 Å². The fraction of sp³-hybridized carbons (Fsp3) is 0.286. The molecule has 0 spiro atoms. The largest absolute Gasteiger partial charge is 0.376 e. The molecule has 96 valence electrons.